The molecular formula is C24H28F5N3O4. The fourth-order valence-corrected chi connectivity index (χ4v) is 4.53. The Morgan fingerprint density at radius 1 is 1.33 bits per heavy atom. The molecule has 0 radical (unpaired) electrons. The topological polar surface area (TPSA) is 106 Å². The average molecular weight is 517 g/mol. The van der Waals surface area contributed by atoms with Crippen LogP contribution in [0.3, 0.4) is 0 Å². The summed E-state index contributed by atoms with van der Waals surface area (Å²) in [6, 6.07) is 2.24. The molecular weight excluding hydrogens is 489 g/mol. The van der Waals surface area contributed by atoms with Crippen molar-refractivity contribution in [2.24, 2.45) is 11.7 Å². The number of carbonyl (C=O) groups is 1. The van der Waals surface area contributed by atoms with Crippen molar-refractivity contribution in [1.82, 2.24) is 10.3 Å². The molecule has 5 atom stereocenters. The molecule has 4 N–H and O–H groups in total. The van der Waals surface area contributed by atoms with Gasteiger partial charge in [0.05, 0.1) is 13.2 Å². The van der Waals surface area contributed by atoms with Gasteiger partial charge in [0, 0.05) is 47.0 Å². The minimum absolute atomic E-state index is 0.0105. The molecule has 0 bridgehead atoms. The summed E-state index contributed by atoms with van der Waals surface area (Å²) in [4.78, 5) is 27.6. The summed E-state index contributed by atoms with van der Waals surface area (Å²) in [5, 5.41) is 2.51. The lowest BCUT2D eigenvalue weighted by atomic mass is 9.76. The van der Waals surface area contributed by atoms with Crippen LogP contribution < -0.4 is 21.2 Å². The molecule has 1 aromatic heterocycles. The number of H-pyrrole nitrogens is 1. The smallest absolute Gasteiger partial charge is 0.417 e. The average Bonchev–Trinajstić information content (AvgIpc) is 3.06. The van der Waals surface area contributed by atoms with Crippen molar-refractivity contribution in [3.8, 4) is 5.75 Å². The van der Waals surface area contributed by atoms with Gasteiger partial charge in [-0.15, -0.1) is 0 Å². The molecule has 1 saturated heterocycles. The second-order valence-electron chi connectivity index (χ2n) is 9.14. The number of hydrogen-bond acceptors (Lipinski definition) is 5. The zero-order valence-electron chi connectivity index (χ0n) is 20.3. The number of rotatable bonds is 6. The van der Waals surface area contributed by atoms with Crippen LogP contribution in [0.4, 0.5) is 22.0 Å². The van der Waals surface area contributed by atoms with E-state index in [2.05, 4.69) is 10.3 Å². The lowest BCUT2D eigenvalue weighted by Gasteiger charge is -2.32. The number of aryl methyl sites for hydroxylation is 1. The van der Waals surface area contributed by atoms with Gasteiger partial charge in [0.25, 0.3) is 0 Å². The number of benzene rings is 1. The Balaban J connectivity index is 2.14. The van der Waals surface area contributed by atoms with E-state index in [4.69, 9.17) is 15.2 Å². The van der Waals surface area contributed by atoms with Crippen molar-refractivity contribution in [2.75, 3.05) is 7.11 Å². The monoisotopic (exact) mass is 517 g/mol. The Kier molecular flexibility index (Phi) is 7.52. The quantitative estimate of drug-likeness (QED) is 0.507. The number of halogens is 5. The van der Waals surface area contributed by atoms with E-state index in [1.165, 1.54) is 20.8 Å². The molecule has 0 aliphatic carbocycles. The summed E-state index contributed by atoms with van der Waals surface area (Å²) >= 11 is 0. The molecule has 2 heterocycles. The van der Waals surface area contributed by atoms with Gasteiger partial charge in [0.1, 0.15) is 6.10 Å². The highest BCUT2D eigenvalue weighted by molar-refractivity contribution is 5.80. The zero-order valence-corrected chi connectivity index (χ0v) is 20.3. The van der Waals surface area contributed by atoms with Crippen molar-refractivity contribution in [2.45, 2.75) is 64.1 Å². The molecule has 198 valence electrons. The van der Waals surface area contributed by atoms with E-state index < -0.39 is 64.5 Å². The fourth-order valence-electron chi connectivity index (χ4n) is 4.53. The van der Waals surface area contributed by atoms with E-state index in [9.17, 15) is 31.5 Å². The van der Waals surface area contributed by atoms with Gasteiger partial charge >= 0.3 is 6.18 Å². The summed E-state index contributed by atoms with van der Waals surface area (Å²) in [5.74, 6) is -6.04. The maximum atomic E-state index is 14.5. The number of alkyl halides is 3. The number of aromatic nitrogens is 1. The summed E-state index contributed by atoms with van der Waals surface area (Å²) in [6.07, 6.45) is -6.20. The number of nitrogens with two attached hydrogens (primary N) is 1. The summed E-state index contributed by atoms with van der Waals surface area (Å²) in [6.45, 7) is 5.01. The van der Waals surface area contributed by atoms with Crippen molar-refractivity contribution >= 4 is 5.91 Å². The Morgan fingerprint density at radius 3 is 2.50 bits per heavy atom. The second-order valence-corrected chi connectivity index (χ2v) is 9.14. The number of amides is 1. The van der Waals surface area contributed by atoms with Crippen molar-refractivity contribution in [1.29, 1.82) is 0 Å². The first-order valence-corrected chi connectivity index (χ1v) is 11.2. The maximum Gasteiger partial charge on any atom is 0.417 e. The first-order chi connectivity index (χ1) is 16.6. The van der Waals surface area contributed by atoms with E-state index in [0.717, 1.165) is 32.2 Å². The van der Waals surface area contributed by atoms with Crippen LogP contribution in [-0.2, 0) is 16.1 Å². The molecule has 1 amide bonds. The SMILES string of the molecule is COc1c([C@H]2[C@H](c3cc(=O)c(CNC(=O)[C@H](C)N)c(C)[nH]3)O[C@@](C)(C(F)(F)F)[C@H]2C)ccc(F)c1F. The van der Waals surface area contributed by atoms with Crippen LogP contribution in [0, 0.1) is 24.5 Å². The Hall–Kier alpha value is -2.99. The third-order valence-corrected chi connectivity index (χ3v) is 6.84. The molecule has 12 heteroatoms. The van der Waals surface area contributed by atoms with Crippen LogP contribution in [0.15, 0.2) is 23.0 Å². The van der Waals surface area contributed by atoms with Gasteiger partial charge in [-0.05, 0) is 26.8 Å². The molecule has 1 aromatic carbocycles. The van der Waals surface area contributed by atoms with Gasteiger partial charge in [-0.2, -0.15) is 17.6 Å². The number of aromatic amines is 1. The highest BCUT2D eigenvalue weighted by atomic mass is 19.4. The number of ether oxygens (including phenoxy) is 2. The predicted octanol–water partition coefficient (Wildman–Crippen LogP) is 3.75. The third-order valence-electron chi connectivity index (χ3n) is 6.84. The molecule has 1 aliphatic rings. The molecule has 7 nitrogen and oxygen atoms in total. The molecule has 0 saturated carbocycles. The summed E-state index contributed by atoms with van der Waals surface area (Å²) < 4.78 is 81.4. The molecule has 0 unspecified atom stereocenters. The molecule has 1 fully saturated rings. The van der Waals surface area contributed by atoms with Crippen LogP contribution in [0.25, 0.3) is 0 Å². The zero-order chi connectivity index (χ0) is 27.2. The molecule has 36 heavy (non-hydrogen) atoms. The highest BCUT2D eigenvalue weighted by Crippen LogP contribution is 2.59. The highest BCUT2D eigenvalue weighted by Gasteiger charge is 2.65. The lowest BCUT2D eigenvalue weighted by molar-refractivity contribution is -0.275. The van der Waals surface area contributed by atoms with Crippen molar-refractivity contribution < 1.29 is 36.2 Å². The predicted molar refractivity (Wildman–Crippen MR) is 120 cm³/mol. The van der Waals surface area contributed by atoms with Crippen LogP contribution in [0.2, 0.25) is 0 Å². The number of pyridine rings is 1. The third kappa shape index (κ3) is 4.71. The largest absolute Gasteiger partial charge is 0.493 e. The molecule has 1 aliphatic heterocycles. The standard InChI is InChI=1S/C24H28F5N3O4/c1-10-18(13-6-7-15(25)19(26)20(13)35-5)21(36-23(10,4)24(27,28)29)16-8-17(33)14(12(3)32-16)9-31-22(34)11(2)30/h6-8,10-11,18,21H,9,30H2,1-5H3,(H,31,34)(H,32,33)/t10-,11-,18-,21-,23+/m0/s1. The van der Waals surface area contributed by atoms with Crippen LogP contribution in [0.5, 0.6) is 5.75 Å². The summed E-state index contributed by atoms with van der Waals surface area (Å²) in [7, 11) is 1.08. The van der Waals surface area contributed by atoms with E-state index in [1.54, 1.807) is 0 Å². The normalized spacial score (nSPS) is 25.0. The van der Waals surface area contributed by atoms with Gasteiger partial charge in [-0.3, -0.25) is 9.59 Å². The van der Waals surface area contributed by atoms with Crippen LogP contribution in [0.1, 0.15) is 55.3 Å². The maximum absolute atomic E-state index is 14.5. The number of carbonyl (C=O) groups excluding carboxylic acids is 1. The Morgan fingerprint density at radius 2 is 1.97 bits per heavy atom. The Labute approximate surface area is 204 Å². The van der Waals surface area contributed by atoms with Crippen LogP contribution >= 0.6 is 0 Å². The first kappa shape index (κ1) is 27.6. The van der Waals surface area contributed by atoms with Gasteiger partial charge in [0.15, 0.2) is 22.6 Å². The Bertz CT molecular complexity index is 1210. The van der Waals surface area contributed by atoms with E-state index in [0.29, 0.717) is 0 Å². The molecule has 0 spiro atoms. The van der Waals surface area contributed by atoms with E-state index in [-0.39, 0.29) is 29.1 Å². The molecule has 2 aromatic rings. The van der Waals surface area contributed by atoms with E-state index >= 15 is 0 Å². The fraction of sp³-hybridized carbons (Fsp3) is 0.500. The number of nitrogens with one attached hydrogen (secondary N) is 2. The van der Waals surface area contributed by atoms with Gasteiger partial charge in [0.2, 0.25) is 11.7 Å². The number of hydrogen-bond donors (Lipinski definition) is 3. The van der Waals surface area contributed by atoms with Crippen molar-refractivity contribution in [3.05, 3.63) is 62.6 Å². The lowest BCUT2D eigenvalue weighted by Crippen LogP contribution is -2.46. The minimum atomic E-state index is -4.82. The van der Waals surface area contributed by atoms with Gasteiger partial charge < -0.3 is 25.5 Å². The van der Waals surface area contributed by atoms with Gasteiger partial charge in [-0.1, -0.05) is 13.0 Å². The van der Waals surface area contributed by atoms with E-state index in [1.807, 2.05) is 0 Å². The minimum Gasteiger partial charge on any atom is -0.493 e. The second kappa shape index (κ2) is 9.81. The van der Waals surface area contributed by atoms with Crippen LogP contribution in [-0.4, -0.2) is 35.8 Å². The van der Waals surface area contributed by atoms with Gasteiger partial charge in [-0.25, -0.2) is 4.39 Å². The molecule has 3 rings (SSSR count). The first-order valence-electron chi connectivity index (χ1n) is 11.2. The summed E-state index contributed by atoms with van der Waals surface area (Å²) in [5.41, 5.74) is 2.72. The van der Waals surface area contributed by atoms with Crippen molar-refractivity contribution in [3.63, 3.8) is 0 Å². The number of methoxy groups -OCH3 is 1.